The van der Waals surface area contributed by atoms with Crippen molar-refractivity contribution >= 4 is 22.6 Å². The molecular weight excluding hydrogens is 312 g/mol. The van der Waals surface area contributed by atoms with E-state index in [-0.39, 0.29) is 12.5 Å². The molecule has 25 heavy (non-hydrogen) atoms. The number of carbonyl (C=O) groups is 1. The zero-order valence-corrected chi connectivity index (χ0v) is 15.4. The van der Waals surface area contributed by atoms with Gasteiger partial charge in [-0.25, -0.2) is 4.68 Å². The third-order valence-corrected chi connectivity index (χ3v) is 4.61. The van der Waals surface area contributed by atoms with Gasteiger partial charge >= 0.3 is 0 Å². The molecule has 0 saturated heterocycles. The summed E-state index contributed by atoms with van der Waals surface area (Å²) in [6.07, 6.45) is 0. The largest absolute Gasteiger partial charge is 0.324 e. The molecule has 5 heteroatoms. The molecule has 0 aliphatic rings. The van der Waals surface area contributed by atoms with Gasteiger partial charge in [-0.1, -0.05) is 37.3 Å². The zero-order chi connectivity index (χ0) is 18.1. The molecule has 1 heterocycles. The van der Waals surface area contributed by atoms with Gasteiger partial charge in [0.15, 0.2) is 0 Å². The van der Waals surface area contributed by atoms with Gasteiger partial charge in [0.1, 0.15) is 12.1 Å². The fourth-order valence-electron chi connectivity index (χ4n) is 3.00. The van der Waals surface area contributed by atoms with Crippen molar-refractivity contribution in [3.05, 3.63) is 52.6 Å². The smallest absolute Gasteiger partial charge is 0.246 e. The molecule has 0 fully saturated rings. The summed E-state index contributed by atoms with van der Waals surface area (Å²) in [5.41, 5.74) is 7.14. The number of rotatable bonds is 4. The molecule has 3 aromatic rings. The van der Waals surface area contributed by atoms with Gasteiger partial charge in [0, 0.05) is 5.69 Å². The highest BCUT2D eigenvalue weighted by atomic mass is 16.2. The molecule has 1 N–H and O–H groups in total. The molecule has 0 aliphatic heterocycles. The van der Waals surface area contributed by atoms with Gasteiger partial charge in [0.05, 0.1) is 5.52 Å². The van der Waals surface area contributed by atoms with E-state index in [4.69, 9.17) is 0 Å². The number of hydrogen-bond acceptors (Lipinski definition) is 3. The fourth-order valence-corrected chi connectivity index (χ4v) is 3.00. The SMILES string of the molecule is Cc1cc2nnn(CC(=O)Nc3c(C)cccc3C(C)C)c2cc1C. The predicted octanol–water partition coefficient (Wildman–Crippen LogP) is 4.12. The van der Waals surface area contributed by atoms with Crippen molar-refractivity contribution in [2.45, 2.75) is 47.1 Å². The van der Waals surface area contributed by atoms with Gasteiger partial charge in [-0.05, 0) is 61.1 Å². The molecule has 3 rings (SSSR count). The quantitative estimate of drug-likeness (QED) is 0.779. The van der Waals surface area contributed by atoms with Crippen molar-refractivity contribution in [3.8, 4) is 0 Å². The van der Waals surface area contributed by atoms with Gasteiger partial charge < -0.3 is 5.32 Å². The van der Waals surface area contributed by atoms with Gasteiger partial charge in [-0.2, -0.15) is 0 Å². The van der Waals surface area contributed by atoms with Crippen molar-refractivity contribution in [2.75, 3.05) is 5.32 Å². The average molecular weight is 336 g/mol. The van der Waals surface area contributed by atoms with Crippen LogP contribution in [0.1, 0.15) is 42.0 Å². The maximum absolute atomic E-state index is 12.6. The molecule has 0 aliphatic carbocycles. The first-order valence-corrected chi connectivity index (χ1v) is 8.56. The van der Waals surface area contributed by atoms with Gasteiger partial charge in [0.25, 0.3) is 0 Å². The normalized spacial score (nSPS) is 11.3. The number of para-hydroxylation sites is 1. The van der Waals surface area contributed by atoms with E-state index in [1.165, 1.54) is 5.56 Å². The molecule has 0 unspecified atom stereocenters. The highest BCUT2D eigenvalue weighted by molar-refractivity contribution is 5.93. The first kappa shape index (κ1) is 17.1. The molecular formula is C20H24N4O. The number of aryl methyl sites for hydroxylation is 3. The van der Waals surface area contributed by atoms with Crippen molar-refractivity contribution in [1.29, 1.82) is 0 Å². The molecule has 130 valence electrons. The Labute approximate surface area is 148 Å². The molecule has 0 atom stereocenters. The monoisotopic (exact) mass is 336 g/mol. The zero-order valence-electron chi connectivity index (χ0n) is 15.4. The number of aromatic nitrogens is 3. The number of benzene rings is 2. The van der Waals surface area contributed by atoms with Crippen LogP contribution in [-0.4, -0.2) is 20.9 Å². The minimum atomic E-state index is -0.0961. The molecule has 1 amide bonds. The van der Waals surface area contributed by atoms with E-state index in [0.717, 1.165) is 33.4 Å². The van der Waals surface area contributed by atoms with Gasteiger partial charge in [0.2, 0.25) is 5.91 Å². The topological polar surface area (TPSA) is 59.8 Å². The maximum Gasteiger partial charge on any atom is 0.246 e. The third kappa shape index (κ3) is 3.40. The van der Waals surface area contributed by atoms with Crippen LogP contribution in [-0.2, 0) is 11.3 Å². The number of nitrogens with one attached hydrogen (secondary N) is 1. The Morgan fingerprint density at radius 3 is 2.56 bits per heavy atom. The van der Waals surface area contributed by atoms with E-state index in [2.05, 4.69) is 42.5 Å². The minimum absolute atomic E-state index is 0.0961. The molecule has 0 bridgehead atoms. The number of nitrogens with zero attached hydrogens (tertiary/aromatic N) is 3. The Hall–Kier alpha value is -2.69. The first-order chi connectivity index (χ1) is 11.9. The minimum Gasteiger partial charge on any atom is -0.324 e. The highest BCUT2D eigenvalue weighted by Crippen LogP contribution is 2.27. The van der Waals surface area contributed by atoms with E-state index >= 15 is 0 Å². The maximum atomic E-state index is 12.6. The molecule has 2 aromatic carbocycles. The van der Waals surface area contributed by atoms with E-state index in [1.54, 1.807) is 4.68 Å². The highest BCUT2D eigenvalue weighted by Gasteiger charge is 2.14. The summed E-state index contributed by atoms with van der Waals surface area (Å²) < 4.78 is 1.66. The number of hydrogen-bond donors (Lipinski definition) is 1. The summed E-state index contributed by atoms with van der Waals surface area (Å²) in [4.78, 5) is 12.6. The molecule has 1 aromatic heterocycles. The lowest BCUT2D eigenvalue weighted by molar-refractivity contribution is -0.116. The summed E-state index contributed by atoms with van der Waals surface area (Å²) in [6.45, 7) is 10.5. The van der Waals surface area contributed by atoms with Crippen molar-refractivity contribution in [3.63, 3.8) is 0 Å². The summed E-state index contributed by atoms with van der Waals surface area (Å²) in [6, 6.07) is 10.1. The summed E-state index contributed by atoms with van der Waals surface area (Å²) in [7, 11) is 0. The van der Waals surface area contributed by atoms with E-state index < -0.39 is 0 Å². The van der Waals surface area contributed by atoms with Crippen LogP contribution in [0.25, 0.3) is 11.0 Å². The average Bonchev–Trinajstić information content (AvgIpc) is 2.91. The van der Waals surface area contributed by atoms with Gasteiger partial charge in [-0.15, -0.1) is 5.10 Å². The van der Waals surface area contributed by atoms with Gasteiger partial charge in [-0.3, -0.25) is 4.79 Å². The molecule has 5 nitrogen and oxygen atoms in total. The molecule has 0 saturated carbocycles. The Morgan fingerprint density at radius 1 is 1.12 bits per heavy atom. The molecule has 0 radical (unpaired) electrons. The summed E-state index contributed by atoms with van der Waals surface area (Å²) in [5.74, 6) is 0.245. The van der Waals surface area contributed by atoms with Crippen LogP contribution < -0.4 is 5.32 Å². The van der Waals surface area contributed by atoms with Crippen LogP contribution in [0, 0.1) is 20.8 Å². The number of fused-ring (bicyclic) bond motifs is 1. The van der Waals surface area contributed by atoms with Crippen LogP contribution in [0.5, 0.6) is 0 Å². The van der Waals surface area contributed by atoms with Crippen LogP contribution in [0.2, 0.25) is 0 Å². The number of amides is 1. The summed E-state index contributed by atoms with van der Waals surface area (Å²) >= 11 is 0. The Balaban J connectivity index is 1.86. The fraction of sp³-hybridized carbons (Fsp3) is 0.350. The number of anilines is 1. The lowest BCUT2D eigenvalue weighted by atomic mass is 9.98. The predicted molar refractivity (Wildman–Crippen MR) is 101 cm³/mol. The van der Waals surface area contributed by atoms with Crippen LogP contribution in [0.3, 0.4) is 0 Å². The van der Waals surface area contributed by atoms with Crippen LogP contribution >= 0.6 is 0 Å². The van der Waals surface area contributed by atoms with Crippen LogP contribution in [0.4, 0.5) is 5.69 Å². The summed E-state index contributed by atoms with van der Waals surface area (Å²) in [5, 5.41) is 11.4. The van der Waals surface area contributed by atoms with E-state index in [1.807, 2.05) is 38.1 Å². The second-order valence-corrected chi connectivity index (χ2v) is 6.91. The lowest BCUT2D eigenvalue weighted by Gasteiger charge is -2.16. The standard InChI is InChI=1S/C20H24N4O/c1-12(2)16-8-6-7-13(3)20(16)21-19(25)11-24-18-10-15(5)14(4)9-17(18)22-23-24/h6-10,12H,11H2,1-5H3,(H,21,25). The van der Waals surface area contributed by atoms with Crippen molar-refractivity contribution in [2.24, 2.45) is 0 Å². The third-order valence-electron chi connectivity index (χ3n) is 4.61. The van der Waals surface area contributed by atoms with Crippen molar-refractivity contribution < 1.29 is 4.79 Å². The molecule has 0 spiro atoms. The Morgan fingerprint density at radius 2 is 1.84 bits per heavy atom. The lowest BCUT2D eigenvalue weighted by Crippen LogP contribution is -2.21. The second kappa shape index (κ2) is 6.67. The Bertz CT molecular complexity index is 940. The number of carbonyl (C=O) groups excluding carboxylic acids is 1. The Kier molecular flexibility index (Phi) is 4.57. The second-order valence-electron chi connectivity index (χ2n) is 6.91. The van der Waals surface area contributed by atoms with Crippen LogP contribution in [0.15, 0.2) is 30.3 Å². The van der Waals surface area contributed by atoms with Crippen molar-refractivity contribution in [1.82, 2.24) is 15.0 Å². The first-order valence-electron chi connectivity index (χ1n) is 8.56. The van der Waals surface area contributed by atoms with E-state index in [9.17, 15) is 4.79 Å². The van der Waals surface area contributed by atoms with E-state index in [0.29, 0.717) is 5.92 Å².